The number of nitrogens with one attached hydrogen (secondary N) is 1. The minimum Gasteiger partial charge on any atom is -0.449 e. The van der Waals surface area contributed by atoms with Crippen molar-refractivity contribution in [1.82, 2.24) is 4.98 Å². The number of fused-ring (bicyclic) bond motifs is 2. The number of carbonyl (C=O) groups is 2. The van der Waals surface area contributed by atoms with Crippen LogP contribution in [0.5, 0.6) is 0 Å². The van der Waals surface area contributed by atoms with E-state index in [1.165, 1.54) is 0 Å². The summed E-state index contributed by atoms with van der Waals surface area (Å²) in [5.41, 5.74) is 5.67. The van der Waals surface area contributed by atoms with Gasteiger partial charge in [-0.2, -0.15) is 0 Å². The van der Waals surface area contributed by atoms with Gasteiger partial charge in [0.15, 0.2) is 6.10 Å². The minimum absolute atomic E-state index is 0.192. The second-order valence-corrected chi connectivity index (χ2v) is 7.05. The number of amides is 1. The molecule has 1 N–H and O–H groups in total. The third-order valence-corrected chi connectivity index (χ3v) is 5.33. The Labute approximate surface area is 157 Å². The van der Waals surface area contributed by atoms with E-state index in [1.807, 2.05) is 50.2 Å². The Balaban J connectivity index is 1.51. The van der Waals surface area contributed by atoms with Gasteiger partial charge in [0, 0.05) is 28.8 Å². The maximum Gasteiger partial charge on any atom is 0.338 e. The Morgan fingerprint density at radius 1 is 1.15 bits per heavy atom. The molecule has 0 fully saturated rings. The Kier molecular flexibility index (Phi) is 4.22. The van der Waals surface area contributed by atoms with Gasteiger partial charge in [-0.3, -0.25) is 4.79 Å². The third-order valence-electron chi connectivity index (χ3n) is 5.33. The lowest BCUT2D eigenvalue weighted by Crippen LogP contribution is -2.39. The van der Waals surface area contributed by atoms with Crippen LogP contribution in [0.1, 0.15) is 34.1 Å². The van der Waals surface area contributed by atoms with Crippen LogP contribution in [0.2, 0.25) is 0 Å². The smallest absolute Gasteiger partial charge is 0.338 e. The van der Waals surface area contributed by atoms with Crippen LogP contribution in [0.3, 0.4) is 0 Å². The molecule has 0 saturated carbocycles. The van der Waals surface area contributed by atoms with Gasteiger partial charge < -0.3 is 14.6 Å². The van der Waals surface area contributed by atoms with Gasteiger partial charge in [-0.25, -0.2) is 4.79 Å². The number of anilines is 1. The molecule has 138 valence electrons. The number of aromatic amines is 1. The second-order valence-electron chi connectivity index (χ2n) is 7.05. The monoisotopic (exact) mass is 362 g/mol. The number of carbonyl (C=O) groups excluding carboxylic acids is 2. The van der Waals surface area contributed by atoms with E-state index in [0.29, 0.717) is 12.1 Å². The summed E-state index contributed by atoms with van der Waals surface area (Å²) in [7, 11) is 0. The van der Waals surface area contributed by atoms with Crippen molar-refractivity contribution in [3.8, 4) is 0 Å². The standard InChI is InChI=1S/C22H22N2O3/c1-13-14(2)23-19-9-8-17(12-18(13)19)22(26)27-15(3)21(25)24-11-10-16-6-4-5-7-20(16)24/h4-9,12,15,23H,10-11H2,1-3H3. The van der Waals surface area contributed by atoms with Crippen molar-refractivity contribution < 1.29 is 14.3 Å². The molecule has 1 aliphatic rings. The molecule has 5 nitrogen and oxygen atoms in total. The van der Waals surface area contributed by atoms with Gasteiger partial charge >= 0.3 is 5.97 Å². The van der Waals surface area contributed by atoms with Crippen molar-refractivity contribution >= 4 is 28.5 Å². The molecular formula is C22H22N2O3. The maximum absolute atomic E-state index is 12.8. The maximum atomic E-state index is 12.8. The van der Waals surface area contributed by atoms with Crippen LogP contribution in [-0.4, -0.2) is 29.5 Å². The molecule has 2 heterocycles. The van der Waals surface area contributed by atoms with Crippen LogP contribution in [-0.2, 0) is 16.0 Å². The third kappa shape index (κ3) is 2.99. The van der Waals surface area contributed by atoms with E-state index in [2.05, 4.69) is 4.98 Å². The molecular weight excluding hydrogens is 340 g/mol. The molecule has 1 aromatic heterocycles. The number of aromatic nitrogens is 1. The number of esters is 1. The number of H-pyrrole nitrogens is 1. The van der Waals surface area contributed by atoms with E-state index in [9.17, 15) is 9.59 Å². The first-order valence-corrected chi connectivity index (χ1v) is 9.15. The van der Waals surface area contributed by atoms with Gasteiger partial charge in [-0.1, -0.05) is 18.2 Å². The van der Waals surface area contributed by atoms with Gasteiger partial charge in [0.25, 0.3) is 5.91 Å². The first-order chi connectivity index (χ1) is 13.0. The second kappa shape index (κ2) is 6.58. The number of ether oxygens (including phenoxy) is 1. The van der Waals surface area contributed by atoms with Crippen molar-refractivity contribution in [3.05, 3.63) is 64.8 Å². The number of hydrogen-bond acceptors (Lipinski definition) is 3. The number of para-hydroxylation sites is 1. The van der Waals surface area contributed by atoms with Crippen molar-refractivity contribution in [2.45, 2.75) is 33.3 Å². The SMILES string of the molecule is Cc1[nH]c2ccc(C(=O)OC(C)C(=O)N3CCc4ccccc43)cc2c1C. The fraction of sp³-hybridized carbons (Fsp3) is 0.273. The van der Waals surface area contributed by atoms with Gasteiger partial charge in [-0.05, 0) is 62.6 Å². The van der Waals surface area contributed by atoms with E-state index in [4.69, 9.17) is 4.74 Å². The Morgan fingerprint density at radius 3 is 2.74 bits per heavy atom. The molecule has 0 spiro atoms. The molecule has 1 amide bonds. The highest BCUT2D eigenvalue weighted by molar-refractivity contribution is 6.01. The molecule has 1 atom stereocenters. The summed E-state index contributed by atoms with van der Waals surface area (Å²) in [5, 5.41) is 0.995. The molecule has 0 saturated heterocycles. The normalized spacial score (nSPS) is 14.3. The lowest BCUT2D eigenvalue weighted by Gasteiger charge is -2.21. The summed E-state index contributed by atoms with van der Waals surface area (Å²) in [4.78, 5) is 30.4. The topological polar surface area (TPSA) is 62.4 Å². The summed E-state index contributed by atoms with van der Waals surface area (Å²) < 4.78 is 5.48. The van der Waals surface area contributed by atoms with Crippen LogP contribution < -0.4 is 4.90 Å². The lowest BCUT2D eigenvalue weighted by atomic mass is 10.1. The average molecular weight is 362 g/mol. The highest BCUT2D eigenvalue weighted by Gasteiger charge is 2.30. The van der Waals surface area contributed by atoms with E-state index in [1.54, 1.807) is 17.9 Å². The largest absolute Gasteiger partial charge is 0.449 e. The van der Waals surface area contributed by atoms with E-state index in [-0.39, 0.29) is 5.91 Å². The van der Waals surface area contributed by atoms with Gasteiger partial charge in [0.05, 0.1) is 5.56 Å². The van der Waals surface area contributed by atoms with E-state index in [0.717, 1.165) is 39.8 Å². The van der Waals surface area contributed by atoms with Crippen molar-refractivity contribution in [2.24, 2.45) is 0 Å². The highest BCUT2D eigenvalue weighted by Crippen LogP contribution is 2.28. The molecule has 4 rings (SSSR count). The Bertz CT molecular complexity index is 1050. The number of benzene rings is 2. The Hall–Kier alpha value is -3.08. The quantitative estimate of drug-likeness (QED) is 0.719. The molecule has 3 aromatic rings. The van der Waals surface area contributed by atoms with Crippen molar-refractivity contribution in [3.63, 3.8) is 0 Å². The minimum atomic E-state index is -0.839. The summed E-state index contributed by atoms with van der Waals surface area (Å²) in [6.45, 7) is 6.27. The molecule has 1 unspecified atom stereocenters. The zero-order chi connectivity index (χ0) is 19.1. The zero-order valence-electron chi connectivity index (χ0n) is 15.7. The van der Waals surface area contributed by atoms with Gasteiger partial charge in [0.1, 0.15) is 0 Å². The predicted molar refractivity (Wildman–Crippen MR) is 105 cm³/mol. The average Bonchev–Trinajstić information content (AvgIpc) is 3.22. The fourth-order valence-corrected chi connectivity index (χ4v) is 3.65. The van der Waals surface area contributed by atoms with Crippen LogP contribution in [0.15, 0.2) is 42.5 Å². The summed E-state index contributed by atoms with van der Waals surface area (Å²) in [5.74, 6) is -0.675. The van der Waals surface area contributed by atoms with Crippen molar-refractivity contribution in [1.29, 1.82) is 0 Å². The zero-order valence-corrected chi connectivity index (χ0v) is 15.7. The van der Waals surface area contributed by atoms with Gasteiger partial charge in [-0.15, -0.1) is 0 Å². The van der Waals surface area contributed by atoms with E-state index < -0.39 is 12.1 Å². The van der Waals surface area contributed by atoms with Gasteiger partial charge in [0.2, 0.25) is 0 Å². The number of aryl methyl sites for hydroxylation is 2. The molecule has 2 aromatic carbocycles. The molecule has 0 aliphatic carbocycles. The predicted octanol–water partition coefficient (Wildman–Crippen LogP) is 3.92. The van der Waals surface area contributed by atoms with E-state index >= 15 is 0 Å². The lowest BCUT2D eigenvalue weighted by molar-refractivity contribution is -0.126. The number of nitrogens with zero attached hydrogens (tertiary/aromatic N) is 1. The summed E-state index contributed by atoms with van der Waals surface area (Å²) >= 11 is 0. The molecule has 0 radical (unpaired) electrons. The first-order valence-electron chi connectivity index (χ1n) is 9.15. The Morgan fingerprint density at radius 2 is 1.93 bits per heavy atom. The summed E-state index contributed by atoms with van der Waals surface area (Å²) in [6.07, 6.45) is -0.0147. The van der Waals surface area contributed by atoms with Crippen LogP contribution in [0.4, 0.5) is 5.69 Å². The molecule has 27 heavy (non-hydrogen) atoms. The molecule has 5 heteroatoms. The van der Waals surface area contributed by atoms with Crippen LogP contribution in [0, 0.1) is 13.8 Å². The molecule has 0 bridgehead atoms. The highest BCUT2D eigenvalue weighted by atomic mass is 16.5. The molecule has 1 aliphatic heterocycles. The van der Waals surface area contributed by atoms with Crippen LogP contribution in [0.25, 0.3) is 10.9 Å². The number of hydrogen-bond donors (Lipinski definition) is 1. The summed E-state index contributed by atoms with van der Waals surface area (Å²) in [6, 6.07) is 13.3. The van der Waals surface area contributed by atoms with Crippen LogP contribution >= 0.6 is 0 Å². The number of rotatable bonds is 3. The fourth-order valence-electron chi connectivity index (χ4n) is 3.65. The first kappa shape index (κ1) is 17.3. The van der Waals surface area contributed by atoms with Crippen molar-refractivity contribution in [2.75, 3.05) is 11.4 Å².